The molecule has 0 aromatic rings. The van der Waals surface area contributed by atoms with Gasteiger partial charge in [-0.25, -0.2) is 0 Å². The molecule has 0 unspecified atom stereocenters. The first-order chi connectivity index (χ1) is 9.08. The van der Waals surface area contributed by atoms with Gasteiger partial charge >= 0.3 is 5.97 Å². The Balaban J connectivity index is 2.74. The summed E-state index contributed by atoms with van der Waals surface area (Å²) >= 11 is 0. The van der Waals surface area contributed by atoms with Gasteiger partial charge in [0, 0.05) is 12.8 Å². The van der Waals surface area contributed by atoms with Crippen molar-refractivity contribution in [3.8, 4) is 0 Å². The van der Waals surface area contributed by atoms with Gasteiger partial charge in [-0.3, -0.25) is 9.59 Å². The number of amides is 1. The maximum absolute atomic E-state index is 11.9. The quantitative estimate of drug-likeness (QED) is 0.578. The van der Waals surface area contributed by atoms with Crippen molar-refractivity contribution >= 4 is 20.2 Å². The number of hydrogen-bond acceptors (Lipinski definition) is 4. The second-order valence-corrected chi connectivity index (χ2v) is 11.5. The van der Waals surface area contributed by atoms with E-state index in [0.717, 1.165) is 0 Å². The normalized spacial score (nSPS) is 20.4. The Morgan fingerprint density at radius 3 is 2.50 bits per heavy atom. The van der Waals surface area contributed by atoms with Crippen molar-refractivity contribution in [2.45, 2.75) is 64.9 Å². The third kappa shape index (κ3) is 4.05. The van der Waals surface area contributed by atoms with Crippen LogP contribution in [0.3, 0.4) is 0 Å². The van der Waals surface area contributed by atoms with Gasteiger partial charge in [0.15, 0.2) is 8.32 Å². The standard InChI is InChI=1S/C14H27NO4Si/c1-7-18-13(17)10-15-11(16)8-9-12(15)19-20(5,6)14(2,3)4/h12H,7-10H2,1-6H3/t12-/m1/s1. The molecule has 0 aromatic carbocycles. The first kappa shape index (κ1) is 17.2. The number of ether oxygens (including phenoxy) is 1. The number of nitrogens with zero attached hydrogens (tertiary/aromatic N) is 1. The number of hydrogen-bond donors (Lipinski definition) is 0. The van der Waals surface area contributed by atoms with E-state index in [1.165, 1.54) is 4.90 Å². The van der Waals surface area contributed by atoms with Gasteiger partial charge in [-0.05, 0) is 25.1 Å². The lowest BCUT2D eigenvalue weighted by Crippen LogP contribution is -2.49. The molecule has 1 amide bonds. The predicted octanol–water partition coefficient (Wildman–Crippen LogP) is 2.52. The van der Waals surface area contributed by atoms with Crippen LogP contribution in [0.5, 0.6) is 0 Å². The Kier molecular flexibility index (Phi) is 5.37. The van der Waals surface area contributed by atoms with Crippen molar-refractivity contribution in [2.75, 3.05) is 13.2 Å². The van der Waals surface area contributed by atoms with Crippen molar-refractivity contribution in [3.63, 3.8) is 0 Å². The van der Waals surface area contributed by atoms with E-state index in [2.05, 4.69) is 33.9 Å². The van der Waals surface area contributed by atoms with Crippen molar-refractivity contribution in [1.82, 2.24) is 4.90 Å². The first-order valence-electron chi connectivity index (χ1n) is 7.21. The van der Waals surface area contributed by atoms with Crippen LogP contribution in [0.2, 0.25) is 18.1 Å². The van der Waals surface area contributed by atoms with Crippen LogP contribution in [0, 0.1) is 0 Å². The summed E-state index contributed by atoms with van der Waals surface area (Å²) in [5.41, 5.74) is 0. The Hall–Kier alpha value is -0.883. The second-order valence-electron chi connectivity index (χ2n) is 6.70. The van der Waals surface area contributed by atoms with Crippen molar-refractivity contribution < 1.29 is 18.8 Å². The molecule has 5 nitrogen and oxygen atoms in total. The molecule has 0 spiro atoms. The zero-order valence-corrected chi connectivity index (χ0v) is 14.5. The summed E-state index contributed by atoms with van der Waals surface area (Å²) < 4.78 is 11.2. The van der Waals surface area contributed by atoms with Gasteiger partial charge in [-0.2, -0.15) is 0 Å². The maximum Gasteiger partial charge on any atom is 0.325 e. The Morgan fingerprint density at radius 2 is 2.00 bits per heavy atom. The topological polar surface area (TPSA) is 55.8 Å². The molecule has 0 aliphatic carbocycles. The summed E-state index contributed by atoms with van der Waals surface area (Å²) in [7, 11) is -1.96. The molecule has 0 radical (unpaired) electrons. The highest BCUT2D eigenvalue weighted by Crippen LogP contribution is 2.39. The lowest BCUT2D eigenvalue weighted by Gasteiger charge is -2.40. The summed E-state index contributed by atoms with van der Waals surface area (Å²) in [6.45, 7) is 12.9. The molecule has 0 N–H and O–H groups in total. The number of carbonyl (C=O) groups excluding carboxylic acids is 2. The molecule has 6 heteroatoms. The monoisotopic (exact) mass is 301 g/mol. The highest BCUT2D eigenvalue weighted by atomic mass is 28.4. The summed E-state index contributed by atoms with van der Waals surface area (Å²) in [6, 6.07) is 0. The maximum atomic E-state index is 11.9. The van der Waals surface area contributed by atoms with E-state index in [4.69, 9.17) is 9.16 Å². The first-order valence-corrected chi connectivity index (χ1v) is 10.1. The molecule has 116 valence electrons. The summed E-state index contributed by atoms with van der Waals surface area (Å²) in [4.78, 5) is 25.0. The fraction of sp³-hybridized carbons (Fsp3) is 0.857. The van der Waals surface area contributed by atoms with Gasteiger partial charge in [0.1, 0.15) is 12.8 Å². The van der Waals surface area contributed by atoms with E-state index in [0.29, 0.717) is 19.4 Å². The molecule has 0 aromatic heterocycles. The number of rotatable bonds is 5. The zero-order chi connectivity index (χ0) is 15.6. The largest absolute Gasteiger partial charge is 0.465 e. The van der Waals surface area contributed by atoms with Crippen molar-refractivity contribution in [1.29, 1.82) is 0 Å². The molecule has 1 fully saturated rings. The van der Waals surface area contributed by atoms with Crippen molar-refractivity contribution in [3.05, 3.63) is 0 Å². The van der Waals surface area contributed by atoms with Crippen LogP contribution in [-0.4, -0.2) is 44.5 Å². The Morgan fingerprint density at radius 1 is 1.40 bits per heavy atom. The fourth-order valence-corrected chi connectivity index (χ4v) is 3.16. The third-order valence-electron chi connectivity index (χ3n) is 4.11. The van der Waals surface area contributed by atoms with Gasteiger partial charge < -0.3 is 14.1 Å². The average Bonchev–Trinajstić information content (AvgIpc) is 2.60. The molecule has 0 bridgehead atoms. The minimum Gasteiger partial charge on any atom is -0.465 e. The smallest absolute Gasteiger partial charge is 0.325 e. The van der Waals surface area contributed by atoms with Crippen LogP contribution in [0.15, 0.2) is 0 Å². The van der Waals surface area contributed by atoms with Crippen molar-refractivity contribution in [2.24, 2.45) is 0 Å². The molecule has 1 atom stereocenters. The SMILES string of the molecule is CCOC(=O)CN1C(=O)CC[C@H]1O[Si](C)(C)C(C)(C)C. The lowest BCUT2D eigenvalue weighted by atomic mass is 10.2. The minimum absolute atomic E-state index is 0.00797. The molecule has 0 saturated carbocycles. The van der Waals surface area contributed by atoms with Gasteiger partial charge in [0.05, 0.1) is 6.61 Å². The minimum atomic E-state index is -1.96. The highest BCUT2D eigenvalue weighted by molar-refractivity contribution is 6.74. The Labute approximate surface area is 122 Å². The van der Waals surface area contributed by atoms with Gasteiger partial charge in [-0.15, -0.1) is 0 Å². The Bertz CT molecular complexity index is 376. The molecule has 1 rings (SSSR count). The highest BCUT2D eigenvalue weighted by Gasteiger charge is 2.43. The second kappa shape index (κ2) is 6.26. The molecule has 1 heterocycles. The molecule has 1 aliphatic heterocycles. The van der Waals surface area contributed by atoms with E-state index < -0.39 is 8.32 Å². The van der Waals surface area contributed by atoms with Crippen LogP contribution in [0.4, 0.5) is 0 Å². The number of likely N-dealkylation sites (tertiary alicyclic amines) is 1. The van der Waals surface area contributed by atoms with E-state index in [1.807, 2.05) is 0 Å². The summed E-state index contributed by atoms with van der Waals surface area (Å²) in [5, 5.41) is 0.0776. The van der Waals surface area contributed by atoms with Gasteiger partial charge in [0.25, 0.3) is 0 Å². The van der Waals surface area contributed by atoms with E-state index >= 15 is 0 Å². The van der Waals surface area contributed by atoms with Crippen LogP contribution in [0.1, 0.15) is 40.5 Å². The average molecular weight is 301 g/mol. The van der Waals surface area contributed by atoms with E-state index in [1.54, 1.807) is 6.92 Å². The molecular formula is C14H27NO4Si. The fourth-order valence-electron chi connectivity index (χ4n) is 1.88. The summed E-state index contributed by atoms with van der Waals surface area (Å²) in [6.07, 6.45) is 0.816. The number of carbonyl (C=O) groups is 2. The third-order valence-corrected chi connectivity index (χ3v) is 8.59. The van der Waals surface area contributed by atoms with Crippen LogP contribution < -0.4 is 0 Å². The predicted molar refractivity (Wildman–Crippen MR) is 79.7 cm³/mol. The molecule has 20 heavy (non-hydrogen) atoms. The molecule has 1 aliphatic rings. The van der Waals surface area contributed by atoms with Crippen LogP contribution >= 0.6 is 0 Å². The van der Waals surface area contributed by atoms with Crippen LogP contribution in [-0.2, 0) is 18.8 Å². The summed E-state index contributed by atoms with van der Waals surface area (Å²) in [5.74, 6) is -0.395. The van der Waals surface area contributed by atoms with Crippen LogP contribution in [0.25, 0.3) is 0 Å². The number of esters is 1. The van der Waals surface area contributed by atoms with E-state index in [-0.39, 0.29) is 29.7 Å². The molecular weight excluding hydrogens is 274 g/mol. The van der Waals surface area contributed by atoms with Gasteiger partial charge in [0.2, 0.25) is 5.91 Å². The van der Waals surface area contributed by atoms with E-state index in [9.17, 15) is 9.59 Å². The van der Waals surface area contributed by atoms with Gasteiger partial charge in [-0.1, -0.05) is 20.8 Å². The zero-order valence-electron chi connectivity index (χ0n) is 13.5. The lowest BCUT2D eigenvalue weighted by molar-refractivity contribution is -0.151. The molecule has 1 saturated heterocycles.